The van der Waals surface area contributed by atoms with Crippen molar-refractivity contribution in [1.82, 2.24) is 5.01 Å². The molecule has 0 spiro atoms. The van der Waals surface area contributed by atoms with Crippen molar-refractivity contribution >= 4 is 34.6 Å². The zero-order chi connectivity index (χ0) is 24.4. The highest BCUT2D eigenvalue weighted by atomic mass is 32.2. The Hall–Kier alpha value is -3.91. The molecule has 0 saturated carbocycles. The van der Waals surface area contributed by atoms with E-state index in [0.29, 0.717) is 17.2 Å². The molecule has 0 fully saturated rings. The van der Waals surface area contributed by atoms with E-state index in [1.165, 1.54) is 12.1 Å². The van der Waals surface area contributed by atoms with Crippen molar-refractivity contribution < 1.29 is 18.7 Å². The lowest BCUT2D eigenvalue weighted by molar-refractivity contribution is 0.267. The molecule has 6 nitrogen and oxygen atoms in total. The second-order valence-electron chi connectivity index (χ2n) is 7.98. The quantitative estimate of drug-likeness (QED) is 0.423. The summed E-state index contributed by atoms with van der Waals surface area (Å²) < 4.78 is 24.0. The minimum Gasteiger partial charge on any atom is -0.497 e. The Labute approximate surface area is 206 Å². The van der Waals surface area contributed by atoms with E-state index in [-0.39, 0.29) is 17.1 Å². The Bertz CT molecular complexity index is 1330. The van der Waals surface area contributed by atoms with Gasteiger partial charge in [-0.1, -0.05) is 24.3 Å². The number of nitrogens with zero attached hydrogens (tertiary/aromatic N) is 3. The van der Waals surface area contributed by atoms with Gasteiger partial charge in [-0.3, -0.25) is 4.79 Å². The molecule has 0 aromatic heterocycles. The highest BCUT2D eigenvalue weighted by Gasteiger charge is 2.36. The van der Waals surface area contributed by atoms with Crippen molar-refractivity contribution in [2.75, 3.05) is 14.2 Å². The second-order valence-corrected chi connectivity index (χ2v) is 8.97. The third-order valence-electron chi connectivity index (χ3n) is 5.83. The van der Waals surface area contributed by atoms with Crippen LogP contribution in [-0.4, -0.2) is 36.0 Å². The third kappa shape index (κ3) is 4.83. The monoisotopic (exact) mass is 487 g/mol. The van der Waals surface area contributed by atoms with E-state index in [1.807, 2.05) is 59.6 Å². The number of methoxy groups -OCH3 is 2. The molecule has 1 atom stereocenters. The van der Waals surface area contributed by atoms with Crippen LogP contribution in [0.4, 0.5) is 9.18 Å². The summed E-state index contributed by atoms with van der Waals surface area (Å²) in [5, 5.41) is 6.42. The van der Waals surface area contributed by atoms with Crippen LogP contribution in [0.15, 0.2) is 87.8 Å². The molecule has 5 rings (SSSR count). The molecule has 8 heteroatoms. The smallest absolute Gasteiger partial charge is 0.311 e. The predicted molar refractivity (Wildman–Crippen MR) is 137 cm³/mol. The number of carbonyl (C=O) groups is 1. The molecule has 0 saturated heterocycles. The van der Waals surface area contributed by atoms with Crippen LogP contribution >= 0.6 is 11.8 Å². The molecule has 0 radical (unpaired) electrons. The molecule has 0 bridgehead atoms. The standard InChI is InChI=1S/C27H22FN3O3S/c1-33-21-11-5-18(6-12-21)23-16-24(19-7-13-22(34-2)14-8-19)31(30-23)26-25(35-27(32)29-26)15-17-3-9-20(28)10-4-17/h3-15,24H,16H2,1-2H3/b25-15-. The second kappa shape index (κ2) is 9.76. The molecule has 3 aromatic rings. The van der Waals surface area contributed by atoms with Crippen molar-refractivity contribution in [1.29, 1.82) is 0 Å². The maximum absolute atomic E-state index is 13.4. The number of amidine groups is 1. The van der Waals surface area contributed by atoms with Crippen LogP contribution in [0.5, 0.6) is 11.5 Å². The lowest BCUT2D eigenvalue weighted by Crippen LogP contribution is -2.26. The van der Waals surface area contributed by atoms with Gasteiger partial charge in [-0.15, -0.1) is 0 Å². The van der Waals surface area contributed by atoms with Crippen LogP contribution in [0.25, 0.3) is 6.08 Å². The number of benzene rings is 3. The summed E-state index contributed by atoms with van der Waals surface area (Å²) in [6.45, 7) is 0. The molecule has 35 heavy (non-hydrogen) atoms. The molecule has 1 unspecified atom stereocenters. The topological polar surface area (TPSA) is 63.5 Å². The number of aliphatic imine (C=N–C) groups is 1. The number of carbonyl (C=O) groups excluding carboxylic acids is 1. The minimum absolute atomic E-state index is 0.167. The molecule has 1 amide bonds. The van der Waals surface area contributed by atoms with Crippen LogP contribution in [-0.2, 0) is 0 Å². The maximum atomic E-state index is 13.4. The fraction of sp³-hybridized carbons (Fsp3) is 0.148. The Kier molecular flexibility index (Phi) is 6.37. The summed E-state index contributed by atoms with van der Waals surface area (Å²) in [4.78, 5) is 17.4. The summed E-state index contributed by atoms with van der Waals surface area (Å²) in [6, 6.07) is 21.5. The summed E-state index contributed by atoms with van der Waals surface area (Å²) >= 11 is 1.04. The third-order valence-corrected chi connectivity index (χ3v) is 6.62. The normalized spacial score (nSPS) is 18.6. The first-order valence-corrected chi connectivity index (χ1v) is 11.8. The van der Waals surface area contributed by atoms with Gasteiger partial charge in [0.15, 0.2) is 5.84 Å². The maximum Gasteiger partial charge on any atom is 0.311 e. The average molecular weight is 488 g/mol. The van der Waals surface area contributed by atoms with Gasteiger partial charge in [-0.05, 0) is 83.1 Å². The fourth-order valence-corrected chi connectivity index (χ4v) is 4.77. The Balaban J connectivity index is 1.54. The summed E-state index contributed by atoms with van der Waals surface area (Å²) in [6.07, 6.45) is 2.46. The van der Waals surface area contributed by atoms with Crippen LogP contribution in [0.2, 0.25) is 0 Å². The number of hydrazone groups is 1. The van der Waals surface area contributed by atoms with Crippen molar-refractivity contribution in [2.24, 2.45) is 10.1 Å². The molecule has 3 aromatic carbocycles. The van der Waals surface area contributed by atoms with Gasteiger partial charge >= 0.3 is 5.24 Å². The zero-order valence-electron chi connectivity index (χ0n) is 19.1. The van der Waals surface area contributed by atoms with E-state index in [1.54, 1.807) is 26.4 Å². The van der Waals surface area contributed by atoms with Gasteiger partial charge in [0.2, 0.25) is 0 Å². The SMILES string of the molecule is COc1ccc(C2=NN(C3=NC(=O)S/C3=C\c3ccc(F)cc3)C(c3ccc(OC)cc3)C2)cc1. The van der Waals surface area contributed by atoms with Gasteiger partial charge in [0, 0.05) is 6.42 Å². The first kappa shape index (κ1) is 22.9. The number of halogens is 1. The van der Waals surface area contributed by atoms with Crippen LogP contribution in [0.3, 0.4) is 0 Å². The lowest BCUT2D eigenvalue weighted by atomic mass is 9.98. The Morgan fingerprint density at radius 2 is 1.57 bits per heavy atom. The number of hydrogen-bond donors (Lipinski definition) is 0. The fourth-order valence-electron chi connectivity index (χ4n) is 4.02. The molecule has 176 valence electrons. The van der Waals surface area contributed by atoms with Crippen LogP contribution < -0.4 is 9.47 Å². The van der Waals surface area contributed by atoms with Gasteiger partial charge < -0.3 is 9.47 Å². The number of ether oxygens (including phenoxy) is 2. The summed E-state index contributed by atoms with van der Waals surface area (Å²) in [5.74, 6) is 1.69. The van der Waals surface area contributed by atoms with Crippen molar-refractivity contribution in [3.05, 3.63) is 100 Å². The molecule has 2 heterocycles. The van der Waals surface area contributed by atoms with Crippen molar-refractivity contribution in [3.63, 3.8) is 0 Å². The average Bonchev–Trinajstić information content (AvgIpc) is 3.49. The minimum atomic E-state index is -0.316. The number of thioether (sulfide) groups is 1. The van der Waals surface area contributed by atoms with Crippen LogP contribution in [0, 0.1) is 5.82 Å². The lowest BCUT2D eigenvalue weighted by Gasteiger charge is -2.24. The highest BCUT2D eigenvalue weighted by molar-refractivity contribution is 8.18. The van der Waals surface area contributed by atoms with E-state index in [4.69, 9.17) is 14.6 Å². The van der Waals surface area contributed by atoms with Gasteiger partial charge in [-0.2, -0.15) is 10.1 Å². The first-order valence-electron chi connectivity index (χ1n) is 11.0. The van der Waals surface area contributed by atoms with E-state index >= 15 is 0 Å². The Morgan fingerprint density at radius 3 is 2.20 bits per heavy atom. The largest absolute Gasteiger partial charge is 0.497 e. The highest BCUT2D eigenvalue weighted by Crippen LogP contribution is 2.40. The number of rotatable bonds is 5. The van der Waals surface area contributed by atoms with E-state index in [2.05, 4.69) is 4.99 Å². The number of hydrogen-bond acceptors (Lipinski definition) is 6. The first-order chi connectivity index (χ1) is 17.0. The van der Waals surface area contributed by atoms with Gasteiger partial charge in [0.25, 0.3) is 0 Å². The van der Waals surface area contributed by atoms with Gasteiger partial charge in [0.05, 0.1) is 30.9 Å². The molecular formula is C27H22FN3O3S. The number of amides is 1. The zero-order valence-corrected chi connectivity index (χ0v) is 20.0. The molecule has 2 aliphatic rings. The van der Waals surface area contributed by atoms with Gasteiger partial charge in [0.1, 0.15) is 17.3 Å². The van der Waals surface area contributed by atoms with E-state index < -0.39 is 0 Å². The van der Waals surface area contributed by atoms with Crippen molar-refractivity contribution in [3.8, 4) is 11.5 Å². The van der Waals surface area contributed by atoms with E-state index in [9.17, 15) is 9.18 Å². The van der Waals surface area contributed by atoms with E-state index in [0.717, 1.165) is 45.7 Å². The predicted octanol–water partition coefficient (Wildman–Crippen LogP) is 6.30. The summed E-state index contributed by atoms with van der Waals surface area (Å²) in [5.41, 5.74) is 3.64. The van der Waals surface area contributed by atoms with Gasteiger partial charge in [-0.25, -0.2) is 9.40 Å². The van der Waals surface area contributed by atoms with Crippen molar-refractivity contribution in [2.45, 2.75) is 12.5 Å². The molecular weight excluding hydrogens is 465 g/mol. The molecule has 0 N–H and O–H groups in total. The molecule has 0 aliphatic carbocycles. The Morgan fingerprint density at radius 1 is 0.943 bits per heavy atom. The molecule has 2 aliphatic heterocycles. The van der Waals surface area contributed by atoms with Crippen LogP contribution in [0.1, 0.15) is 29.2 Å². The summed E-state index contributed by atoms with van der Waals surface area (Å²) in [7, 11) is 3.26.